The van der Waals surface area contributed by atoms with E-state index < -0.39 is 0 Å². The SMILES string of the molecule is Cc1nnc(NC(=O)C2NCCCC2C)s1. The van der Waals surface area contributed by atoms with Gasteiger partial charge in [0, 0.05) is 0 Å². The smallest absolute Gasteiger partial charge is 0.243 e. The van der Waals surface area contributed by atoms with Crippen molar-refractivity contribution < 1.29 is 4.79 Å². The van der Waals surface area contributed by atoms with Gasteiger partial charge < -0.3 is 5.32 Å². The van der Waals surface area contributed by atoms with Crippen molar-refractivity contribution in [3.05, 3.63) is 5.01 Å². The number of nitrogens with zero attached hydrogens (tertiary/aromatic N) is 2. The minimum Gasteiger partial charge on any atom is -0.306 e. The van der Waals surface area contributed by atoms with E-state index in [9.17, 15) is 4.79 Å². The Labute approximate surface area is 98.7 Å². The van der Waals surface area contributed by atoms with Crippen LogP contribution in [-0.4, -0.2) is 28.7 Å². The second kappa shape index (κ2) is 4.88. The zero-order valence-corrected chi connectivity index (χ0v) is 10.3. The zero-order chi connectivity index (χ0) is 11.5. The number of piperidine rings is 1. The fourth-order valence-electron chi connectivity index (χ4n) is 1.93. The highest BCUT2D eigenvalue weighted by Gasteiger charge is 2.27. The molecule has 0 spiro atoms. The first-order valence-electron chi connectivity index (χ1n) is 5.51. The third-order valence-electron chi connectivity index (χ3n) is 2.81. The summed E-state index contributed by atoms with van der Waals surface area (Å²) in [6.45, 7) is 4.88. The standard InChI is InChI=1S/C10H16N4OS/c1-6-4-3-5-11-8(6)9(15)12-10-14-13-7(2)16-10/h6,8,11H,3-5H2,1-2H3,(H,12,14,15). The molecule has 2 N–H and O–H groups in total. The summed E-state index contributed by atoms with van der Waals surface area (Å²) in [5.74, 6) is 0.381. The van der Waals surface area contributed by atoms with Gasteiger partial charge in [-0.3, -0.25) is 10.1 Å². The van der Waals surface area contributed by atoms with E-state index in [4.69, 9.17) is 0 Å². The zero-order valence-electron chi connectivity index (χ0n) is 9.49. The number of hydrogen-bond acceptors (Lipinski definition) is 5. The molecule has 1 aromatic heterocycles. The van der Waals surface area contributed by atoms with Gasteiger partial charge in [0.2, 0.25) is 11.0 Å². The van der Waals surface area contributed by atoms with E-state index in [0.29, 0.717) is 11.0 Å². The third-order valence-corrected chi connectivity index (χ3v) is 3.56. The van der Waals surface area contributed by atoms with Crippen molar-refractivity contribution in [2.45, 2.75) is 32.7 Å². The molecule has 88 valence electrons. The summed E-state index contributed by atoms with van der Waals surface area (Å²) >= 11 is 1.40. The Morgan fingerprint density at radius 3 is 3.00 bits per heavy atom. The molecule has 2 unspecified atom stereocenters. The van der Waals surface area contributed by atoms with Gasteiger partial charge >= 0.3 is 0 Å². The van der Waals surface area contributed by atoms with Crippen LogP contribution in [0, 0.1) is 12.8 Å². The predicted molar refractivity (Wildman–Crippen MR) is 63.5 cm³/mol. The monoisotopic (exact) mass is 240 g/mol. The van der Waals surface area contributed by atoms with Crippen LogP contribution in [0.1, 0.15) is 24.8 Å². The summed E-state index contributed by atoms with van der Waals surface area (Å²) in [6.07, 6.45) is 2.24. The van der Waals surface area contributed by atoms with Gasteiger partial charge in [-0.1, -0.05) is 18.3 Å². The van der Waals surface area contributed by atoms with Gasteiger partial charge in [0.1, 0.15) is 5.01 Å². The number of rotatable bonds is 2. The molecule has 2 atom stereocenters. The number of carbonyl (C=O) groups excluding carboxylic acids is 1. The number of amides is 1. The van der Waals surface area contributed by atoms with Crippen molar-refractivity contribution >= 4 is 22.4 Å². The van der Waals surface area contributed by atoms with Crippen LogP contribution in [0.15, 0.2) is 0 Å². The van der Waals surface area contributed by atoms with Gasteiger partial charge in [0.05, 0.1) is 6.04 Å². The fourth-order valence-corrected chi connectivity index (χ4v) is 2.53. The molecule has 2 heterocycles. The maximum atomic E-state index is 12.0. The first-order valence-corrected chi connectivity index (χ1v) is 6.33. The van der Waals surface area contributed by atoms with Crippen LogP contribution in [0.4, 0.5) is 5.13 Å². The van der Waals surface area contributed by atoms with Gasteiger partial charge in [-0.2, -0.15) is 0 Å². The summed E-state index contributed by atoms with van der Waals surface area (Å²) < 4.78 is 0. The number of hydrogen-bond donors (Lipinski definition) is 2. The molecular formula is C10H16N4OS. The van der Waals surface area contributed by atoms with Crippen LogP contribution >= 0.6 is 11.3 Å². The molecule has 1 aliphatic rings. The number of aromatic nitrogens is 2. The Balaban J connectivity index is 1.96. The second-order valence-electron chi connectivity index (χ2n) is 4.17. The molecule has 1 fully saturated rings. The van der Waals surface area contributed by atoms with Crippen molar-refractivity contribution in [1.82, 2.24) is 15.5 Å². The van der Waals surface area contributed by atoms with Crippen LogP contribution in [0.2, 0.25) is 0 Å². The summed E-state index contributed by atoms with van der Waals surface area (Å²) in [5.41, 5.74) is 0. The maximum absolute atomic E-state index is 12.0. The Bertz CT molecular complexity index is 379. The lowest BCUT2D eigenvalue weighted by Crippen LogP contribution is -2.48. The number of carbonyl (C=O) groups is 1. The summed E-state index contributed by atoms with van der Waals surface area (Å²) in [4.78, 5) is 12.0. The lowest BCUT2D eigenvalue weighted by Gasteiger charge is -2.28. The minimum atomic E-state index is -0.0991. The Kier molecular flexibility index (Phi) is 3.50. The lowest BCUT2D eigenvalue weighted by molar-refractivity contribution is -0.119. The molecule has 0 saturated carbocycles. The van der Waals surface area contributed by atoms with Crippen molar-refractivity contribution in [3.63, 3.8) is 0 Å². The summed E-state index contributed by atoms with van der Waals surface area (Å²) in [6, 6.07) is -0.0991. The van der Waals surface area contributed by atoms with E-state index in [0.717, 1.165) is 24.4 Å². The molecule has 0 bridgehead atoms. The van der Waals surface area contributed by atoms with E-state index in [1.807, 2.05) is 6.92 Å². The van der Waals surface area contributed by atoms with Crippen molar-refractivity contribution in [1.29, 1.82) is 0 Å². The average Bonchev–Trinajstić information content (AvgIpc) is 2.64. The Hall–Kier alpha value is -1.01. The average molecular weight is 240 g/mol. The topological polar surface area (TPSA) is 66.9 Å². The molecule has 1 aromatic rings. The van der Waals surface area contributed by atoms with E-state index in [1.165, 1.54) is 11.3 Å². The molecular weight excluding hydrogens is 224 g/mol. The van der Waals surface area contributed by atoms with Crippen molar-refractivity contribution in [2.24, 2.45) is 5.92 Å². The van der Waals surface area contributed by atoms with Crippen LogP contribution in [0.5, 0.6) is 0 Å². The van der Waals surface area contributed by atoms with E-state index in [2.05, 4.69) is 27.8 Å². The van der Waals surface area contributed by atoms with Gasteiger partial charge in [-0.25, -0.2) is 0 Å². The number of aryl methyl sites for hydroxylation is 1. The first kappa shape index (κ1) is 11.5. The lowest BCUT2D eigenvalue weighted by atomic mass is 9.92. The van der Waals surface area contributed by atoms with Gasteiger partial charge in [-0.05, 0) is 32.2 Å². The quantitative estimate of drug-likeness (QED) is 0.814. The molecule has 1 saturated heterocycles. The molecule has 0 aromatic carbocycles. The molecule has 1 aliphatic heterocycles. The molecule has 5 nitrogen and oxygen atoms in total. The van der Waals surface area contributed by atoms with Crippen LogP contribution in [0.3, 0.4) is 0 Å². The van der Waals surface area contributed by atoms with Gasteiger partial charge in [0.15, 0.2) is 0 Å². The Morgan fingerprint density at radius 1 is 1.56 bits per heavy atom. The molecule has 0 aliphatic carbocycles. The highest BCUT2D eigenvalue weighted by molar-refractivity contribution is 7.15. The Morgan fingerprint density at radius 2 is 2.38 bits per heavy atom. The largest absolute Gasteiger partial charge is 0.306 e. The second-order valence-corrected chi connectivity index (χ2v) is 5.35. The molecule has 16 heavy (non-hydrogen) atoms. The molecule has 0 radical (unpaired) electrons. The molecule has 6 heteroatoms. The van der Waals surface area contributed by atoms with Gasteiger partial charge in [-0.15, -0.1) is 10.2 Å². The van der Waals surface area contributed by atoms with E-state index >= 15 is 0 Å². The highest BCUT2D eigenvalue weighted by Crippen LogP contribution is 2.19. The summed E-state index contributed by atoms with van der Waals surface area (Å²) in [7, 11) is 0. The predicted octanol–water partition coefficient (Wildman–Crippen LogP) is 1.17. The molecule has 1 amide bonds. The fraction of sp³-hybridized carbons (Fsp3) is 0.700. The van der Waals surface area contributed by atoms with Crippen LogP contribution in [0.25, 0.3) is 0 Å². The normalized spacial score (nSPS) is 25.4. The number of anilines is 1. The van der Waals surface area contributed by atoms with Crippen molar-refractivity contribution in [2.75, 3.05) is 11.9 Å². The van der Waals surface area contributed by atoms with E-state index in [1.54, 1.807) is 0 Å². The van der Waals surface area contributed by atoms with Crippen LogP contribution < -0.4 is 10.6 Å². The summed E-state index contributed by atoms with van der Waals surface area (Å²) in [5, 5.41) is 15.2. The highest BCUT2D eigenvalue weighted by atomic mass is 32.1. The molecule has 2 rings (SSSR count). The maximum Gasteiger partial charge on any atom is 0.243 e. The van der Waals surface area contributed by atoms with E-state index in [-0.39, 0.29) is 11.9 Å². The minimum absolute atomic E-state index is 0.00310. The number of nitrogens with one attached hydrogen (secondary N) is 2. The van der Waals surface area contributed by atoms with Crippen molar-refractivity contribution in [3.8, 4) is 0 Å². The van der Waals surface area contributed by atoms with Gasteiger partial charge in [0.25, 0.3) is 0 Å². The first-order chi connectivity index (χ1) is 7.66. The van der Waals surface area contributed by atoms with Crippen LogP contribution in [-0.2, 0) is 4.79 Å². The third kappa shape index (κ3) is 2.56.